The van der Waals surface area contributed by atoms with Crippen molar-refractivity contribution in [2.45, 2.75) is 58.2 Å². The molecule has 1 saturated heterocycles. The summed E-state index contributed by atoms with van der Waals surface area (Å²) in [6.45, 7) is 8.50. The zero-order valence-electron chi connectivity index (χ0n) is 15.2. The van der Waals surface area contributed by atoms with Gasteiger partial charge in [0.25, 0.3) is 0 Å². The van der Waals surface area contributed by atoms with Gasteiger partial charge in [-0.1, -0.05) is 32.1 Å². The fraction of sp³-hybridized carbons (Fsp3) is 0.750. The van der Waals surface area contributed by atoms with Gasteiger partial charge in [0.2, 0.25) is 0 Å². The lowest BCUT2D eigenvalue weighted by Crippen LogP contribution is -2.57. The molecule has 25 heavy (non-hydrogen) atoms. The van der Waals surface area contributed by atoms with Gasteiger partial charge in [-0.2, -0.15) is 0 Å². The molecule has 1 aliphatic heterocycles. The zero-order valence-corrected chi connectivity index (χ0v) is 15.2. The molecule has 0 spiro atoms. The molecule has 3 fully saturated rings. The van der Waals surface area contributed by atoms with E-state index in [1.807, 2.05) is 13.0 Å². The van der Waals surface area contributed by atoms with E-state index in [4.69, 9.17) is 4.74 Å². The first-order valence-electron chi connectivity index (χ1n) is 9.26. The van der Waals surface area contributed by atoms with Gasteiger partial charge in [-0.3, -0.25) is 0 Å². The van der Waals surface area contributed by atoms with Crippen LogP contribution in [-0.2, 0) is 9.53 Å². The first-order valence-corrected chi connectivity index (χ1v) is 9.26. The van der Waals surface area contributed by atoms with Crippen LogP contribution in [0, 0.1) is 22.7 Å². The lowest BCUT2D eigenvalue weighted by molar-refractivity contribution is -0.151. The molecule has 3 rings (SSSR count). The van der Waals surface area contributed by atoms with E-state index < -0.39 is 23.6 Å². The van der Waals surface area contributed by atoms with Crippen molar-refractivity contribution in [3.63, 3.8) is 0 Å². The second-order valence-electron chi connectivity index (χ2n) is 8.54. The van der Waals surface area contributed by atoms with Gasteiger partial charge in [0.05, 0.1) is 18.3 Å². The van der Waals surface area contributed by atoms with Crippen molar-refractivity contribution in [1.82, 2.24) is 0 Å². The molecule has 3 N–H and O–H groups in total. The van der Waals surface area contributed by atoms with Gasteiger partial charge in [0.1, 0.15) is 12.7 Å². The van der Waals surface area contributed by atoms with E-state index in [2.05, 4.69) is 13.5 Å². The van der Waals surface area contributed by atoms with Crippen LogP contribution in [0.15, 0.2) is 23.8 Å². The van der Waals surface area contributed by atoms with Crippen LogP contribution in [0.2, 0.25) is 0 Å². The van der Waals surface area contributed by atoms with E-state index in [1.165, 1.54) is 0 Å². The standard InChI is InChI=1S/C20H30O5/c1-12-4-7-16-19(2,9-8-17(23)20(16,3)11-21)14(12)6-5-13-15(22)10-25-18(13)24/h5,14-17,21-23H,1,4,6-11H2,2-3H3/b13-5-/t14-,15+,16+,17+,19-,20-/m0/s1. The minimum Gasteiger partial charge on any atom is -0.459 e. The van der Waals surface area contributed by atoms with E-state index in [-0.39, 0.29) is 30.5 Å². The van der Waals surface area contributed by atoms with E-state index in [0.717, 1.165) is 24.8 Å². The molecule has 2 aliphatic carbocycles. The highest BCUT2D eigenvalue weighted by Crippen LogP contribution is 2.61. The normalized spacial score (nSPS) is 46.2. The number of rotatable bonds is 3. The number of esters is 1. The molecule has 0 aromatic rings. The number of hydrogen-bond donors (Lipinski definition) is 3. The van der Waals surface area contributed by atoms with Crippen molar-refractivity contribution in [2.75, 3.05) is 13.2 Å². The fourth-order valence-corrected chi connectivity index (χ4v) is 5.56. The number of aliphatic hydroxyl groups excluding tert-OH is 3. The third-order valence-corrected chi connectivity index (χ3v) is 7.23. The molecule has 0 aromatic carbocycles. The monoisotopic (exact) mass is 350 g/mol. The summed E-state index contributed by atoms with van der Waals surface area (Å²) in [5.74, 6) is -0.0734. The van der Waals surface area contributed by atoms with Crippen LogP contribution in [0.3, 0.4) is 0 Å². The van der Waals surface area contributed by atoms with Gasteiger partial charge < -0.3 is 20.1 Å². The molecule has 0 amide bonds. The molecule has 1 heterocycles. The molecule has 2 saturated carbocycles. The van der Waals surface area contributed by atoms with Gasteiger partial charge in [-0.05, 0) is 49.4 Å². The number of carbonyl (C=O) groups is 1. The quantitative estimate of drug-likeness (QED) is 0.411. The molecule has 0 unspecified atom stereocenters. The maximum Gasteiger partial charge on any atom is 0.336 e. The number of fused-ring (bicyclic) bond motifs is 1. The maximum absolute atomic E-state index is 11.8. The summed E-state index contributed by atoms with van der Waals surface area (Å²) in [5, 5.41) is 30.4. The van der Waals surface area contributed by atoms with E-state index in [0.29, 0.717) is 18.4 Å². The van der Waals surface area contributed by atoms with Crippen LogP contribution < -0.4 is 0 Å². The summed E-state index contributed by atoms with van der Waals surface area (Å²) < 4.78 is 4.90. The van der Waals surface area contributed by atoms with Crippen molar-refractivity contribution in [3.05, 3.63) is 23.8 Å². The van der Waals surface area contributed by atoms with Crippen LogP contribution in [0.25, 0.3) is 0 Å². The number of carbonyl (C=O) groups excluding carboxylic acids is 1. The predicted molar refractivity (Wildman–Crippen MR) is 93.6 cm³/mol. The minimum absolute atomic E-state index is 0.0280. The molecule has 6 atom stereocenters. The van der Waals surface area contributed by atoms with Gasteiger partial charge in [0, 0.05) is 5.41 Å². The van der Waals surface area contributed by atoms with Crippen LogP contribution in [-0.4, -0.2) is 46.7 Å². The zero-order chi connectivity index (χ0) is 18.4. The van der Waals surface area contributed by atoms with Crippen molar-refractivity contribution < 1.29 is 24.9 Å². The summed E-state index contributed by atoms with van der Waals surface area (Å²) in [7, 11) is 0. The highest BCUT2D eigenvalue weighted by Gasteiger charge is 2.57. The highest BCUT2D eigenvalue weighted by molar-refractivity contribution is 5.91. The average molecular weight is 350 g/mol. The van der Waals surface area contributed by atoms with Crippen LogP contribution in [0.4, 0.5) is 0 Å². The molecular formula is C20H30O5. The molecule has 140 valence electrons. The van der Waals surface area contributed by atoms with E-state index in [9.17, 15) is 20.1 Å². The molecule has 5 nitrogen and oxygen atoms in total. The average Bonchev–Trinajstić information content (AvgIpc) is 2.89. The lowest BCUT2D eigenvalue weighted by Gasteiger charge is -2.59. The maximum atomic E-state index is 11.8. The van der Waals surface area contributed by atoms with Gasteiger partial charge in [-0.15, -0.1) is 0 Å². The second kappa shape index (κ2) is 6.53. The Morgan fingerprint density at radius 2 is 2.04 bits per heavy atom. The molecule has 3 aliphatic rings. The first kappa shape index (κ1) is 18.6. The highest BCUT2D eigenvalue weighted by atomic mass is 16.6. The Kier molecular flexibility index (Phi) is 4.86. The van der Waals surface area contributed by atoms with Gasteiger partial charge in [0.15, 0.2) is 0 Å². The summed E-state index contributed by atoms with van der Waals surface area (Å²) >= 11 is 0. The number of cyclic esters (lactones) is 1. The smallest absolute Gasteiger partial charge is 0.336 e. The Morgan fingerprint density at radius 1 is 1.32 bits per heavy atom. The van der Waals surface area contributed by atoms with Crippen molar-refractivity contribution in [1.29, 1.82) is 0 Å². The Morgan fingerprint density at radius 3 is 2.64 bits per heavy atom. The first-order chi connectivity index (χ1) is 11.7. The van der Waals surface area contributed by atoms with Crippen molar-refractivity contribution >= 4 is 5.97 Å². The summed E-state index contributed by atoms with van der Waals surface area (Å²) in [6, 6.07) is 0. The summed E-state index contributed by atoms with van der Waals surface area (Å²) in [6.07, 6.45) is 4.42. The topological polar surface area (TPSA) is 87.0 Å². The summed E-state index contributed by atoms with van der Waals surface area (Å²) in [4.78, 5) is 11.8. The Hall–Kier alpha value is -1.17. The number of aliphatic hydroxyl groups is 3. The van der Waals surface area contributed by atoms with Crippen molar-refractivity contribution in [3.8, 4) is 0 Å². The van der Waals surface area contributed by atoms with Crippen LogP contribution in [0.5, 0.6) is 0 Å². The molecule has 5 heteroatoms. The Balaban J connectivity index is 1.89. The number of ether oxygens (including phenoxy) is 1. The SMILES string of the molecule is C=C1CC[C@H]2[C@](C)(CO)[C@H](O)CC[C@@]2(C)[C@H]1C/C=C1\C(=O)OC[C@H]1O. The number of hydrogen-bond acceptors (Lipinski definition) is 5. The Labute approximate surface area is 149 Å². The fourth-order valence-electron chi connectivity index (χ4n) is 5.56. The Bertz CT molecular complexity index is 597. The van der Waals surface area contributed by atoms with Crippen LogP contribution in [0.1, 0.15) is 46.0 Å². The molecule has 0 bridgehead atoms. The van der Waals surface area contributed by atoms with E-state index >= 15 is 0 Å². The van der Waals surface area contributed by atoms with Gasteiger partial charge in [-0.25, -0.2) is 4.79 Å². The van der Waals surface area contributed by atoms with Crippen molar-refractivity contribution in [2.24, 2.45) is 22.7 Å². The minimum atomic E-state index is -0.844. The van der Waals surface area contributed by atoms with Gasteiger partial charge >= 0.3 is 5.97 Å². The third kappa shape index (κ3) is 2.86. The van der Waals surface area contributed by atoms with Crippen LogP contribution >= 0.6 is 0 Å². The molecule has 0 aromatic heterocycles. The second-order valence-corrected chi connectivity index (χ2v) is 8.54. The number of allylic oxidation sites excluding steroid dienone is 2. The predicted octanol–water partition coefficient (Wildman–Crippen LogP) is 1.96. The third-order valence-electron chi connectivity index (χ3n) is 7.23. The summed E-state index contributed by atoms with van der Waals surface area (Å²) in [5.41, 5.74) is 0.911. The molecule has 0 radical (unpaired) electrons. The largest absolute Gasteiger partial charge is 0.459 e. The lowest BCUT2D eigenvalue weighted by atomic mass is 9.46. The molecular weight excluding hydrogens is 320 g/mol. The van der Waals surface area contributed by atoms with E-state index in [1.54, 1.807) is 0 Å².